The molecule has 0 aromatic rings. The van der Waals surface area contributed by atoms with Gasteiger partial charge in [0, 0.05) is 39.1 Å². The van der Waals surface area contributed by atoms with E-state index in [0.717, 1.165) is 12.5 Å². The maximum absolute atomic E-state index is 5.75. The van der Waals surface area contributed by atoms with Gasteiger partial charge in [-0.05, 0) is 34.1 Å². The second-order valence-corrected chi connectivity index (χ2v) is 6.34. The van der Waals surface area contributed by atoms with Crippen molar-refractivity contribution >= 4 is 8.80 Å². The van der Waals surface area contributed by atoms with Crippen molar-refractivity contribution in [1.29, 1.82) is 0 Å². The van der Waals surface area contributed by atoms with Crippen LogP contribution in [0.1, 0.15) is 34.1 Å². The van der Waals surface area contributed by atoms with Crippen molar-refractivity contribution in [2.75, 3.05) is 39.8 Å². The van der Waals surface area contributed by atoms with E-state index in [1.165, 1.54) is 0 Å². The summed E-state index contributed by atoms with van der Waals surface area (Å²) < 4.78 is 27.7. The number of rotatable bonds is 13. The normalized spacial score (nSPS) is 12.0. The molecule has 5 nitrogen and oxygen atoms in total. The van der Waals surface area contributed by atoms with Crippen LogP contribution in [0.15, 0.2) is 0 Å². The molecule has 0 aliphatic rings. The zero-order chi connectivity index (χ0) is 13.7. The molecule has 0 atom stereocenters. The maximum Gasteiger partial charge on any atom is 0.501 e. The molecule has 0 saturated heterocycles. The minimum Gasteiger partial charge on any atom is -0.374 e. The van der Waals surface area contributed by atoms with E-state index in [1.54, 1.807) is 0 Å². The van der Waals surface area contributed by atoms with Gasteiger partial charge in [0.05, 0.1) is 0 Å². The van der Waals surface area contributed by atoms with Crippen LogP contribution < -0.4 is 0 Å². The molecular formula is C12H28O5Si. The zero-order valence-corrected chi connectivity index (χ0v) is 13.2. The van der Waals surface area contributed by atoms with Gasteiger partial charge in [-0.15, -0.1) is 0 Å². The van der Waals surface area contributed by atoms with Crippen LogP contribution in [-0.2, 0) is 22.8 Å². The van der Waals surface area contributed by atoms with Gasteiger partial charge in [0.1, 0.15) is 6.79 Å². The summed E-state index contributed by atoms with van der Waals surface area (Å²) in [5, 5.41) is 0. The van der Waals surface area contributed by atoms with Gasteiger partial charge in [0.25, 0.3) is 0 Å². The Kier molecular flexibility index (Phi) is 12.1. The van der Waals surface area contributed by atoms with Crippen LogP contribution in [0.3, 0.4) is 0 Å². The zero-order valence-electron chi connectivity index (χ0n) is 12.2. The Hall–Kier alpha value is 0.0169. The molecule has 18 heavy (non-hydrogen) atoms. The summed E-state index contributed by atoms with van der Waals surface area (Å²) >= 11 is 0. The number of hydrogen-bond acceptors (Lipinski definition) is 5. The molecule has 0 aliphatic heterocycles. The van der Waals surface area contributed by atoms with Crippen molar-refractivity contribution in [2.24, 2.45) is 0 Å². The fourth-order valence-corrected chi connectivity index (χ4v) is 4.17. The van der Waals surface area contributed by atoms with Crippen LogP contribution in [-0.4, -0.2) is 48.6 Å². The van der Waals surface area contributed by atoms with Crippen molar-refractivity contribution in [2.45, 2.75) is 40.2 Å². The summed E-state index contributed by atoms with van der Waals surface area (Å²) in [6.45, 7) is 11.4. The second kappa shape index (κ2) is 12.1. The van der Waals surface area contributed by atoms with Crippen LogP contribution in [0.5, 0.6) is 0 Å². The molecule has 110 valence electrons. The quantitative estimate of drug-likeness (QED) is 0.294. The molecule has 0 unspecified atom stereocenters. The van der Waals surface area contributed by atoms with Crippen molar-refractivity contribution in [3.05, 3.63) is 0 Å². The Labute approximate surface area is 112 Å². The summed E-state index contributed by atoms with van der Waals surface area (Å²) in [7, 11) is -2.48. The van der Waals surface area contributed by atoms with Crippen LogP contribution in [0.2, 0.25) is 6.04 Å². The highest BCUT2D eigenvalue weighted by molar-refractivity contribution is 6.60. The third-order valence-electron chi connectivity index (χ3n) is 2.24. The molecule has 0 bridgehead atoms. The lowest BCUT2D eigenvalue weighted by Gasteiger charge is -2.28. The average Bonchev–Trinajstić information content (AvgIpc) is 2.35. The highest BCUT2D eigenvalue weighted by Crippen LogP contribution is 2.18. The van der Waals surface area contributed by atoms with Crippen molar-refractivity contribution in [1.82, 2.24) is 0 Å². The van der Waals surface area contributed by atoms with E-state index >= 15 is 0 Å². The highest BCUT2D eigenvalue weighted by atomic mass is 28.4. The van der Waals surface area contributed by atoms with Crippen LogP contribution in [0.25, 0.3) is 0 Å². The number of hydrogen-bond donors (Lipinski definition) is 0. The minimum atomic E-state index is -2.48. The first kappa shape index (κ1) is 18.0. The van der Waals surface area contributed by atoms with E-state index < -0.39 is 8.80 Å². The molecule has 0 radical (unpaired) electrons. The molecular weight excluding hydrogens is 252 g/mol. The largest absolute Gasteiger partial charge is 0.501 e. The topological polar surface area (TPSA) is 46.2 Å². The van der Waals surface area contributed by atoms with E-state index in [-0.39, 0.29) is 0 Å². The molecule has 0 heterocycles. The Bertz CT molecular complexity index is 163. The van der Waals surface area contributed by atoms with Gasteiger partial charge in [0.15, 0.2) is 0 Å². The molecule has 0 fully saturated rings. The van der Waals surface area contributed by atoms with Gasteiger partial charge in [-0.1, -0.05) is 0 Å². The molecule has 0 rings (SSSR count). The van der Waals surface area contributed by atoms with Gasteiger partial charge < -0.3 is 22.8 Å². The van der Waals surface area contributed by atoms with Crippen molar-refractivity contribution in [3.63, 3.8) is 0 Å². The fraction of sp³-hybridized carbons (Fsp3) is 1.00. The molecule has 0 amide bonds. The third-order valence-corrected chi connectivity index (χ3v) is 5.39. The Balaban J connectivity index is 3.97. The summed E-state index contributed by atoms with van der Waals surface area (Å²) in [6, 6.07) is 0.786. The van der Waals surface area contributed by atoms with Crippen molar-refractivity contribution < 1.29 is 22.8 Å². The lowest BCUT2D eigenvalue weighted by molar-refractivity contribution is -0.0500. The van der Waals surface area contributed by atoms with Gasteiger partial charge in [-0.2, -0.15) is 0 Å². The second-order valence-electron chi connectivity index (χ2n) is 3.60. The van der Waals surface area contributed by atoms with Gasteiger partial charge in [-0.3, -0.25) is 0 Å². The molecule has 0 saturated carbocycles. The first-order valence-electron chi connectivity index (χ1n) is 6.82. The molecule has 0 aromatic carbocycles. The Morgan fingerprint density at radius 1 is 0.722 bits per heavy atom. The first-order chi connectivity index (χ1) is 8.74. The van der Waals surface area contributed by atoms with E-state index in [0.29, 0.717) is 39.8 Å². The minimum absolute atomic E-state index is 0.350. The monoisotopic (exact) mass is 280 g/mol. The van der Waals surface area contributed by atoms with E-state index in [9.17, 15) is 0 Å². The molecule has 0 N–H and O–H groups in total. The Morgan fingerprint density at radius 3 is 1.72 bits per heavy atom. The van der Waals surface area contributed by atoms with Gasteiger partial charge in [-0.25, -0.2) is 0 Å². The Morgan fingerprint density at radius 2 is 1.28 bits per heavy atom. The first-order valence-corrected chi connectivity index (χ1v) is 8.75. The van der Waals surface area contributed by atoms with E-state index in [1.807, 2.05) is 27.7 Å². The van der Waals surface area contributed by atoms with Crippen molar-refractivity contribution in [3.8, 4) is 0 Å². The van der Waals surface area contributed by atoms with Gasteiger partial charge in [0.2, 0.25) is 0 Å². The lowest BCUT2D eigenvalue weighted by Crippen LogP contribution is -2.46. The lowest BCUT2D eigenvalue weighted by atomic mass is 10.5. The fourth-order valence-electron chi connectivity index (χ4n) is 1.59. The van der Waals surface area contributed by atoms with E-state index in [4.69, 9.17) is 22.8 Å². The highest BCUT2D eigenvalue weighted by Gasteiger charge is 2.39. The van der Waals surface area contributed by atoms with Crippen LogP contribution in [0.4, 0.5) is 0 Å². The van der Waals surface area contributed by atoms with Crippen LogP contribution >= 0.6 is 0 Å². The third kappa shape index (κ3) is 8.18. The summed E-state index contributed by atoms with van der Waals surface area (Å²) in [6.07, 6.45) is 0.860. The summed E-state index contributed by atoms with van der Waals surface area (Å²) in [4.78, 5) is 0. The van der Waals surface area contributed by atoms with Crippen LogP contribution in [0, 0.1) is 0 Å². The molecule has 6 heteroatoms. The predicted molar refractivity (Wildman–Crippen MR) is 72.5 cm³/mol. The predicted octanol–water partition coefficient (Wildman–Crippen LogP) is 2.44. The molecule has 0 aliphatic carbocycles. The SMILES string of the molecule is CCOCOCCC[Si](OCC)(OCC)OCC. The molecule has 0 aromatic heterocycles. The average molecular weight is 280 g/mol. The smallest absolute Gasteiger partial charge is 0.374 e. The summed E-state index contributed by atoms with van der Waals surface area (Å²) in [5.74, 6) is 0. The van der Waals surface area contributed by atoms with Gasteiger partial charge >= 0.3 is 8.80 Å². The summed E-state index contributed by atoms with van der Waals surface area (Å²) in [5.41, 5.74) is 0. The molecule has 0 spiro atoms. The number of ether oxygens (including phenoxy) is 2. The standard InChI is InChI=1S/C12H28O5Si/c1-5-13-12-14-10-9-11-18(15-6-2,16-7-3)17-8-4/h5-12H2,1-4H3. The maximum atomic E-state index is 5.75. The van der Waals surface area contributed by atoms with E-state index in [2.05, 4.69) is 0 Å².